The van der Waals surface area contributed by atoms with Crippen molar-refractivity contribution in [1.82, 2.24) is 9.80 Å². The van der Waals surface area contributed by atoms with Crippen LogP contribution in [0, 0.1) is 17.7 Å². The minimum Gasteiger partial charge on any atom is -0.485 e. The maximum Gasteiger partial charge on any atom is 0.321 e. The third-order valence-electron chi connectivity index (χ3n) is 7.82. The molecule has 2 aromatic carbocycles. The van der Waals surface area contributed by atoms with E-state index in [0.29, 0.717) is 17.9 Å². The van der Waals surface area contributed by atoms with Gasteiger partial charge in [-0.3, -0.25) is 9.59 Å². The topological polar surface area (TPSA) is 111 Å². The van der Waals surface area contributed by atoms with E-state index >= 15 is 0 Å². The Hall–Kier alpha value is -3.66. The van der Waals surface area contributed by atoms with E-state index in [1.807, 2.05) is 6.92 Å². The normalized spacial score (nSPS) is 20.4. The van der Waals surface area contributed by atoms with E-state index in [1.165, 1.54) is 29.2 Å². The number of para-hydroxylation sites is 1. The van der Waals surface area contributed by atoms with Crippen LogP contribution in [-0.4, -0.2) is 71.6 Å². The molecule has 1 aliphatic heterocycles. The molecule has 0 unspecified atom stereocenters. The summed E-state index contributed by atoms with van der Waals surface area (Å²) in [6, 6.07) is 9.74. The molecule has 0 spiro atoms. The molecule has 1 fully saturated rings. The third-order valence-corrected chi connectivity index (χ3v) is 7.82. The molecule has 4 amide bonds. The molecular weight excluding hydrogens is 515 g/mol. The maximum absolute atomic E-state index is 13.7. The van der Waals surface area contributed by atoms with Gasteiger partial charge in [0.25, 0.3) is 5.91 Å². The van der Waals surface area contributed by atoms with Crippen LogP contribution in [0.5, 0.6) is 5.75 Å². The number of amides is 4. The number of likely N-dealkylation sites (N-methyl/N-ethyl adjacent to an activating group) is 1. The van der Waals surface area contributed by atoms with Crippen molar-refractivity contribution < 1.29 is 28.6 Å². The quantitative estimate of drug-likeness (QED) is 0.458. The number of halogens is 1. The summed E-state index contributed by atoms with van der Waals surface area (Å²) in [6.45, 7) is 3.97. The third kappa shape index (κ3) is 6.91. The molecule has 0 saturated heterocycles. The van der Waals surface area contributed by atoms with Crippen molar-refractivity contribution in [3.8, 4) is 5.75 Å². The summed E-state index contributed by atoms with van der Waals surface area (Å²) in [5, 5.41) is 15.6. The van der Waals surface area contributed by atoms with Crippen molar-refractivity contribution in [2.45, 2.75) is 58.1 Å². The first-order valence-corrected chi connectivity index (χ1v) is 14.0. The van der Waals surface area contributed by atoms with Gasteiger partial charge in [0.2, 0.25) is 5.91 Å². The van der Waals surface area contributed by atoms with Crippen LogP contribution in [0.4, 0.5) is 20.6 Å². The number of ether oxygens (including phenoxy) is 1. The number of urea groups is 1. The lowest BCUT2D eigenvalue weighted by atomic mass is 9.88. The zero-order chi connectivity index (χ0) is 28.8. The molecule has 10 heteroatoms. The fraction of sp³-hybridized carbons (Fsp3) is 0.500. The molecule has 1 saturated carbocycles. The van der Waals surface area contributed by atoms with E-state index in [9.17, 15) is 23.9 Å². The monoisotopic (exact) mass is 554 g/mol. The second-order valence-electron chi connectivity index (χ2n) is 10.9. The molecule has 216 valence electrons. The number of nitrogens with one attached hydrogen (secondary N) is 2. The van der Waals surface area contributed by atoms with Crippen molar-refractivity contribution in [1.29, 1.82) is 0 Å². The Morgan fingerprint density at radius 2 is 1.82 bits per heavy atom. The second-order valence-corrected chi connectivity index (χ2v) is 10.9. The Bertz CT molecular complexity index is 1200. The maximum atomic E-state index is 13.7. The largest absolute Gasteiger partial charge is 0.485 e. The van der Waals surface area contributed by atoms with Gasteiger partial charge in [-0.05, 0) is 56.2 Å². The summed E-state index contributed by atoms with van der Waals surface area (Å²) < 4.78 is 19.8. The first-order chi connectivity index (χ1) is 19.2. The Labute approximate surface area is 234 Å². The predicted molar refractivity (Wildman–Crippen MR) is 151 cm³/mol. The summed E-state index contributed by atoms with van der Waals surface area (Å²) in [7, 11) is 1.63. The number of hydrogen-bond donors (Lipinski definition) is 3. The number of carbonyl (C=O) groups excluding carboxylic acids is 3. The molecule has 1 heterocycles. The first-order valence-electron chi connectivity index (χ1n) is 14.0. The average molecular weight is 555 g/mol. The predicted octanol–water partition coefficient (Wildman–Crippen LogP) is 4.73. The number of fused-ring (bicyclic) bond motifs is 1. The Balaban J connectivity index is 1.61. The summed E-state index contributed by atoms with van der Waals surface area (Å²) >= 11 is 0. The van der Waals surface area contributed by atoms with Gasteiger partial charge in [0, 0.05) is 31.1 Å². The van der Waals surface area contributed by atoms with E-state index < -0.39 is 24.0 Å². The number of rotatable bonds is 7. The van der Waals surface area contributed by atoms with Gasteiger partial charge in [0.15, 0.2) is 5.75 Å². The van der Waals surface area contributed by atoms with Crippen LogP contribution in [-0.2, 0) is 4.79 Å². The van der Waals surface area contributed by atoms with Gasteiger partial charge >= 0.3 is 6.03 Å². The first kappa shape index (κ1) is 29.3. The Morgan fingerprint density at radius 3 is 2.50 bits per heavy atom. The molecule has 9 nitrogen and oxygen atoms in total. The molecule has 3 N–H and O–H groups in total. The highest BCUT2D eigenvalue weighted by atomic mass is 19.1. The SMILES string of the molecule is C[C@@H]1CN([C@H](C)CO)C(=O)c2cccc(NC(=O)C3CCCCC3)c2O[C@@H]1CN(C)C(=O)Nc1ccc(F)cc1. The zero-order valence-electron chi connectivity index (χ0n) is 23.4. The summed E-state index contributed by atoms with van der Waals surface area (Å²) in [5.74, 6) is -0.838. The van der Waals surface area contributed by atoms with Crippen molar-refractivity contribution in [3.05, 3.63) is 53.8 Å². The Morgan fingerprint density at radius 1 is 1.12 bits per heavy atom. The molecule has 1 aliphatic carbocycles. The van der Waals surface area contributed by atoms with Crippen LogP contribution in [0.3, 0.4) is 0 Å². The summed E-state index contributed by atoms with van der Waals surface area (Å²) in [5.41, 5.74) is 1.16. The van der Waals surface area contributed by atoms with Crippen LogP contribution >= 0.6 is 0 Å². The van der Waals surface area contributed by atoms with Gasteiger partial charge in [-0.15, -0.1) is 0 Å². The number of nitrogens with zero attached hydrogens (tertiary/aromatic N) is 2. The van der Waals surface area contributed by atoms with Crippen LogP contribution in [0.1, 0.15) is 56.3 Å². The molecule has 4 rings (SSSR count). The molecule has 40 heavy (non-hydrogen) atoms. The molecule has 2 aliphatic rings. The van der Waals surface area contributed by atoms with Gasteiger partial charge in [0.1, 0.15) is 11.9 Å². The van der Waals surface area contributed by atoms with Crippen molar-refractivity contribution in [2.75, 3.05) is 37.4 Å². The van der Waals surface area contributed by atoms with Crippen molar-refractivity contribution in [2.24, 2.45) is 11.8 Å². The van der Waals surface area contributed by atoms with Crippen LogP contribution in [0.25, 0.3) is 0 Å². The van der Waals surface area contributed by atoms with E-state index in [2.05, 4.69) is 10.6 Å². The molecule has 3 atom stereocenters. The second kappa shape index (κ2) is 13.1. The smallest absolute Gasteiger partial charge is 0.321 e. The lowest BCUT2D eigenvalue weighted by molar-refractivity contribution is -0.120. The van der Waals surface area contributed by atoms with E-state index in [-0.39, 0.29) is 48.1 Å². The number of aliphatic hydroxyl groups is 1. The van der Waals surface area contributed by atoms with E-state index in [4.69, 9.17) is 4.74 Å². The van der Waals surface area contributed by atoms with Crippen LogP contribution in [0.15, 0.2) is 42.5 Å². The van der Waals surface area contributed by atoms with Gasteiger partial charge in [-0.25, -0.2) is 9.18 Å². The molecular formula is C30H39FN4O5. The van der Waals surface area contributed by atoms with Crippen LogP contribution in [0.2, 0.25) is 0 Å². The van der Waals surface area contributed by atoms with Crippen molar-refractivity contribution in [3.63, 3.8) is 0 Å². The fourth-order valence-corrected chi connectivity index (χ4v) is 5.26. The van der Waals surface area contributed by atoms with E-state index in [0.717, 1.165) is 32.1 Å². The lowest BCUT2D eigenvalue weighted by Gasteiger charge is -2.38. The highest BCUT2D eigenvalue weighted by Crippen LogP contribution is 2.36. The van der Waals surface area contributed by atoms with Gasteiger partial charge < -0.3 is 30.3 Å². The van der Waals surface area contributed by atoms with Gasteiger partial charge in [-0.1, -0.05) is 32.3 Å². The molecule has 0 bridgehead atoms. The highest BCUT2D eigenvalue weighted by Gasteiger charge is 2.35. The molecule has 0 radical (unpaired) electrons. The standard InChI is InChI=1S/C30H39FN4O5/c1-19-16-35(20(2)18-36)29(38)24-10-7-11-25(33-28(37)21-8-5-4-6-9-21)27(24)40-26(19)17-34(3)30(39)32-23-14-12-22(31)13-15-23/h7,10-15,19-21,26,36H,4-6,8-9,16-18H2,1-3H3,(H,32,39)(H,33,37)/t19-,20-,26-/m1/s1. The number of anilines is 2. The lowest BCUT2D eigenvalue weighted by Crippen LogP contribution is -2.50. The highest BCUT2D eigenvalue weighted by molar-refractivity contribution is 6.02. The van der Waals surface area contributed by atoms with Gasteiger partial charge in [0.05, 0.1) is 30.4 Å². The minimum absolute atomic E-state index is 0.0872. The van der Waals surface area contributed by atoms with Crippen molar-refractivity contribution >= 4 is 29.2 Å². The summed E-state index contributed by atoms with van der Waals surface area (Å²) in [6.07, 6.45) is 4.27. The number of benzene rings is 2. The average Bonchev–Trinajstić information content (AvgIpc) is 2.96. The number of aliphatic hydroxyl groups excluding tert-OH is 1. The van der Waals surface area contributed by atoms with Crippen LogP contribution < -0.4 is 15.4 Å². The molecule has 2 aromatic rings. The molecule has 0 aromatic heterocycles. The van der Waals surface area contributed by atoms with Gasteiger partial charge in [-0.2, -0.15) is 0 Å². The fourth-order valence-electron chi connectivity index (χ4n) is 5.26. The number of carbonyl (C=O) groups is 3. The van der Waals surface area contributed by atoms with E-state index in [1.54, 1.807) is 37.1 Å². The minimum atomic E-state index is -0.544. The Kier molecular flexibility index (Phi) is 9.63. The number of hydrogen-bond acceptors (Lipinski definition) is 5. The summed E-state index contributed by atoms with van der Waals surface area (Å²) in [4.78, 5) is 42.8. The zero-order valence-corrected chi connectivity index (χ0v) is 23.4.